The Hall–Kier alpha value is -3.20. The first-order chi connectivity index (χ1) is 21.3. The Morgan fingerprint density at radius 2 is 1.63 bits per heavy atom. The van der Waals surface area contributed by atoms with Gasteiger partial charge in [-0.3, -0.25) is 19.2 Å². The Balaban J connectivity index is 2.22. The zero-order valence-electron chi connectivity index (χ0n) is 29.2. The number of nitrogens with one attached hydrogen (secondary N) is 2. The molecule has 0 radical (unpaired) electrons. The monoisotopic (exact) mass is 657 g/mol. The summed E-state index contributed by atoms with van der Waals surface area (Å²) in [5.74, 6) is 1.21. The lowest BCUT2D eigenvalue weighted by molar-refractivity contribution is -0.144. The lowest BCUT2D eigenvalue weighted by Crippen LogP contribution is -2.58. The number of aliphatic hydroxyl groups is 1. The molecule has 1 heterocycles. The van der Waals surface area contributed by atoms with E-state index in [2.05, 4.69) is 55.2 Å². The second-order valence-corrected chi connectivity index (χ2v) is 19.6. The Labute approximate surface area is 276 Å². The maximum absolute atomic E-state index is 14.0. The molecular formula is C35H55N3O7Si. The van der Waals surface area contributed by atoms with Gasteiger partial charge in [-0.1, -0.05) is 66.0 Å². The summed E-state index contributed by atoms with van der Waals surface area (Å²) in [6.45, 7) is 16.5. The minimum atomic E-state index is -2.17. The fourth-order valence-corrected chi connectivity index (χ4v) is 6.01. The zero-order valence-corrected chi connectivity index (χ0v) is 30.2. The molecule has 1 fully saturated rings. The number of unbranched alkanes of at least 4 members (excludes halogenated alkanes) is 2. The first-order valence-corrected chi connectivity index (χ1v) is 19.1. The summed E-state index contributed by atoms with van der Waals surface area (Å²) in [7, 11) is -0.823. The van der Waals surface area contributed by atoms with Gasteiger partial charge in [0.15, 0.2) is 8.32 Å². The predicted octanol–water partition coefficient (Wildman–Crippen LogP) is 4.46. The Morgan fingerprint density at radius 3 is 2.17 bits per heavy atom. The van der Waals surface area contributed by atoms with Crippen molar-refractivity contribution in [3.63, 3.8) is 0 Å². The summed E-state index contributed by atoms with van der Waals surface area (Å²) in [4.78, 5) is 53.5. The number of ether oxygens (including phenoxy) is 1. The van der Waals surface area contributed by atoms with Crippen LogP contribution < -0.4 is 10.6 Å². The summed E-state index contributed by atoms with van der Waals surface area (Å²) in [5, 5.41) is 16.6. The molecule has 46 heavy (non-hydrogen) atoms. The Kier molecular flexibility index (Phi) is 14.0. The van der Waals surface area contributed by atoms with Gasteiger partial charge in [-0.05, 0) is 54.1 Å². The smallest absolute Gasteiger partial charge is 0.305 e. The van der Waals surface area contributed by atoms with Crippen LogP contribution in [0.15, 0.2) is 24.3 Å². The molecule has 256 valence electrons. The van der Waals surface area contributed by atoms with E-state index < -0.39 is 49.8 Å². The molecule has 3 amide bonds. The number of rotatable bonds is 14. The topological polar surface area (TPSA) is 134 Å². The number of nitrogens with zero attached hydrogens (tertiary/aromatic N) is 1. The number of carbonyl (C=O) groups is 4. The molecule has 4 atom stereocenters. The number of hydrogen-bond donors (Lipinski definition) is 3. The summed E-state index contributed by atoms with van der Waals surface area (Å²) in [5.41, 5.74) is 0.866. The van der Waals surface area contributed by atoms with Crippen molar-refractivity contribution < 1.29 is 33.4 Å². The minimum absolute atomic E-state index is 0.0189. The van der Waals surface area contributed by atoms with E-state index in [9.17, 15) is 24.3 Å². The molecular weight excluding hydrogens is 602 g/mol. The number of hydrogen-bond acceptors (Lipinski definition) is 7. The third kappa shape index (κ3) is 11.2. The molecule has 3 N–H and O–H groups in total. The summed E-state index contributed by atoms with van der Waals surface area (Å²) < 4.78 is 11.1. The van der Waals surface area contributed by atoms with Gasteiger partial charge in [-0.15, -0.1) is 6.42 Å². The molecule has 1 aromatic carbocycles. The van der Waals surface area contributed by atoms with E-state index in [0.717, 1.165) is 5.56 Å². The lowest BCUT2D eigenvalue weighted by atomic mass is 9.85. The number of terminal acetylenes is 1. The van der Waals surface area contributed by atoms with Gasteiger partial charge in [0.2, 0.25) is 17.7 Å². The van der Waals surface area contributed by atoms with E-state index in [0.29, 0.717) is 31.2 Å². The van der Waals surface area contributed by atoms with Gasteiger partial charge in [0, 0.05) is 31.4 Å². The fourth-order valence-electron chi connectivity index (χ4n) is 5.00. The van der Waals surface area contributed by atoms with Crippen molar-refractivity contribution >= 4 is 32.0 Å². The van der Waals surface area contributed by atoms with Gasteiger partial charge < -0.3 is 29.8 Å². The molecule has 0 aliphatic carbocycles. The normalized spacial score (nSPS) is 18.3. The predicted molar refractivity (Wildman–Crippen MR) is 181 cm³/mol. The van der Waals surface area contributed by atoms with Crippen LogP contribution in [0.5, 0.6) is 0 Å². The molecule has 2 rings (SSSR count). The van der Waals surface area contributed by atoms with E-state index >= 15 is 0 Å². The number of methoxy groups -OCH3 is 1. The largest absolute Gasteiger partial charge is 0.469 e. The molecule has 2 unspecified atom stereocenters. The van der Waals surface area contributed by atoms with E-state index in [4.69, 9.17) is 10.8 Å². The van der Waals surface area contributed by atoms with Crippen molar-refractivity contribution in [2.45, 2.75) is 122 Å². The van der Waals surface area contributed by atoms with E-state index in [1.54, 1.807) is 0 Å². The molecule has 1 aliphatic heterocycles. The third-order valence-corrected chi connectivity index (χ3v) is 13.5. The van der Waals surface area contributed by atoms with Crippen molar-refractivity contribution in [3.8, 4) is 12.3 Å². The van der Waals surface area contributed by atoms with Crippen molar-refractivity contribution in [2.75, 3.05) is 20.3 Å². The van der Waals surface area contributed by atoms with Gasteiger partial charge >= 0.3 is 5.97 Å². The number of benzene rings is 1. The second-order valence-electron chi connectivity index (χ2n) is 14.8. The Bertz CT molecular complexity index is 1240. The molecule has 11 heteroatoms. The second kappa shape index (κ2) is 16.6. The van der Waals surface area contributed by atoms with Gasteiger partial charge in [-0.25, -0.2) is 0 Å². The fraction of sp³-hybridized carbons (Fsp3) is 0.657. The van der Waals surface area contributed by atoms with Crippen LogP contribution in [0.25, 0.3) is 0 Å². The summed E-state index contributed by atoms with van der Waals surface area (Å²) >= 11 is 0. The van der Waals surface area contributed by atoms with Crippen LogP contribution in [-0.2, 0) is 28.3 Å². The molecule has 0 bridgehead atoms. The number of amides is 3. The van der Waals surface area contributed by atoms with Crippen LogP contribution >= 0.6 is 0 Å². The lowest BCUT2D eigenvalue weighted by Gasteiger charge is -2.38. The van der Waals surface area contributed by atoms with E-state index in [1.807, 2.05) is 45.0 Å². The van der Waals surface area contributed by atoms with Crippen molar-refractivity contribution in [1.29, 1.82) is 0 Å². The highest BCUT2D eigenvalue weighted by atomic mass is 28.4. The molecule has 0 aromatic heterocycles. The maximum Gasteiger partial charge on any atom is 0.305 e. The highest BCUT2D eigenvalue weighted by Crippen LogP contribution is 2.37. The standard InChI is InChI=1S/C35H55N3O7Si/c1-11-24-17-19-25(20-18-24)27(23-45-46(9,10)35(5,6)7)36-32(42)28-21-26(39)22-38(28)33(43)31(34(2,3)4)37-29(40)15-13-12-14-16-30(41)44-8/h1,17-20,26-28,31,39H,12-16,21-23H2,2-10H3,(H,36,42)(H,37,40)/t26-,27?,28+,31?/m1/s1. The van der Waals surface area contributed by atoms with Gasteiger partial charge in [0.25, 0.3) is 0 Å². The number of esters is 1. The quantitative estimate of drug-likeness (QED) is 0.116. The number of β-amino-alcohol motifs (C(OH)–C–C–N with tert-alkyl or cyclic N) is 1. The van der Waals surface area contributed by atoms with Crippen LogP contribution in [0.1, 0.15) is 97.2 Å². The SMILES string of the molecule is C#Cc1ccc(C(CO[Si](C)(C)C(C)(C)C)NC(=O)[C@@H]2C[C@@H](O)CN2C(=O)C(NC(=O)CCCCCC(=O)OC)C(C)(C)C)cc1. The van der Waals surface area contributed by atoms with Crippen LogP contribution in [-0.4, -0.2) is 80.5 Å². The first kappa shape index (κ1) is 39.0. The number of likely N-dealkylation sites (tertiary alicyclic amines) is 1. The average molecular weight is 658 g/mol. The number of aliphatic hydroxyl groups excluding tert-OH is 1. The first-order valence-electron chi connectivity index (χ1n) is 16.2. The average Bonchev–Trinajstić information content (AvgIpc) is 3.37. The van der Waals surface area contributed by atoms with Crippen molar-refractivity contribution in [2.24, 2.45) is 5.41 Å². The molecule has 0 saturated carbocycles. The highest BCUT2D eigenvalue weighted by Gasteiger charge is 2.45. The number of carbonyl (C=O) groups excluding carboxylic acids is 4. The van der Waals surface area contributed by atoms with E-state index in [-0.39, 0.29) is 42.9 Å². The van der Waals surface area contributed by atoms with Crippen LogP contribution in [0, 0.1) is 17.8 Å². The van der Waals surface area contributed by atoms with Crippen LogP contribution in [0.2, 0.25) is 18.1 Å². The van der Waals surface area contributed by atoms with Crippen LogP contribution in [0.3, 0.4) is 0 Å². The van der Waals surface area contributed by atoms with E-state index in [1.165, 1.54) is 12.0 Å². The molecule has 10 nitrogen and oxygen atoms in total. The summed E-state index contributed by atoms with van der Waals surface area (Å²) in [6.07, 6.45) is 7.07. The third-order valence-electron chi connectivity index (χ3n) is 9.01. The van der Waals surface area contributed by atoms with Crippen LogP contribution in [0.4, 0.5) is 0 Å². The minimum Gasteiger partial charge on any atom is -0.469 e. The van der Waals surface area contributed by atoms with Gasteiger partial charge in [-0.2, -0.15) is 0 Å². The maximum atomic E-state index is 14.0. The molecule has 1 saturated heterocycles. The molecule has 1 aliphatic rings. The van der Waals surface area contributed by atoms with Crippen molar-refractivity contribution in [1.82, 2.24) is 15.5 Å². The van der Waals surface area contributed by atoms with Gasteiger partial charge in [0.1, 0.15) is 12.1 Å². The van der Waals surface area contributed by atoms with Gasteiger partial charge in [0.05, 0.1) is 25.9 Å². The molecule has 0 spiro atoms. The highest BCUT2D eigenvalue weighted by molar-refractivity contribution is 6.74. The Morgan fingerprint density at radius 1 is 1.02 bits per heavy atom. The zero-order chi connectivity index (χ0) is 34.9. The summed E-state index contributed by atoms with van der Waals surface area (Å²) in [6, 6.07) is 5.00. The van der Waals surface area contributed by atoms with Crippen molar-refractivity contribution in [3.05, 3.63) is 35.4 Å². The molecule has 1 aromatic rings.